The highest BCUT2D eigenvalue weighted by Gasteiger charge is 2.23. The fourth-order valence-corrected chi connectivity index (χ4v) is 3.04. The number of halogens is 3. The highest BCUT2D eigenvalue weighted by atomic mass is 79.9. The number of benzene rings is 2. The molecular weight excluding hydrogens is 357 g/mol. The van der Waals surface area contributed by atoms with Gasteiger partial charge in [-0.15, -0.1) is 0 Å². The summed E-state index contributed by atoms with van der Waals surface area (Å²) in [7, 11) is 1.59. The van der Waals surface area contributed by atoms with Crippen LogP contribution in [0.4, 0.5) is 4.39 Å². The minimum atomic E-state index is -0.348. The molecule has 5 heteroatoms. The fraction of sp³-hybridized carbons (Fsp3) is 0.250. The lowest BCUT2D eigenvalue weighted by Crippen LogP contribution is -2.24. The Kier molecular flexibility index (Phi) is 5.62. The maximum atomic E-state index is 14.3. The summed E-state index contributed by atoms with van der Waals surface area (Å²) in [5.41, 5.74) is 1.34. The zero-order valence-corrected chi connectivity index (χ0v) is 14.1. The molecule has 0 fully saturated rings. The van der Waals surface area contributed by atoms with Crippen LogP contribution in [0, 0.1) is 5.82 Å². The molecule has 2 rings (SSSR count). The molecule has 2 aromatic rings. The topological polar surface area (TPSA) is 21.3 Å². The van der Waals surface area contributed by atoms with E-state index in [0.29, 0.717) is 27.4 Å². The van der Waals surface area contributed by atoms with Gasteiger partial charge in [0.05, 0.1) is 13.2 Å². The minimum Gasteiger partial charge on any atom is -0.496 e. The summed E-state index contributed by atoms with van der Waals surface area (Å²) in [5.74, 6) is 0.387. The van der Waals surface area contributed by atoms with Crippen molar-refractivity contribution >= 4 is 27.5 Å². The smallest absolute Gasteiger partial charge is 0.129 e. The minimum absolute atomic E-state index is 0.280. The van der Waals surface area contributed by atoms with E-state index in [4.69, 9.17) is 16.3 Å². The monoisotopic (exact) mass is 371 g/mol. The summed E-state index contributed by atoms with van der Waals surface area (Å²) in [5, 5.41) is 3.87. The van der Waals surface area contributed by atoms with Crippen LogP contribution in [0.5, 0.6) is 5.75 Å². The second-order valence-corrected chi connectivity index (χ2v) is 5.80. The van der Waals surface area contributed by atoms with Gasteiger partial charge in [-0.2, -0.15) is 0 Å². The van der Waals surface area contributed by atoms with Gasteiger partial charge in [0.2, 0.25) is 0 Å². The zero-order chi connectivity index (χ0) is 15.4. The molecule has 2 aromatic carbocycles. The molecule has 0 aliphatic carbocycles. The van der Waals surface area contributed by atoms with E-state index in [1.165, 1.54) is 6.07 Å². The molecule has 0 aliphatic rings. The molecule has 2 nitrogen and oxygen atoms in total. The normalized spacial score (nSPS) is 12.2. The van der Waals surface area contributed by atoms with E-state index in [-0.39, 0.29) is 11.9 Å². The summed E-state index contributed by atoms with van der Waals surface area (Å²) in [6.07, 6.45) is 0. The third-order valence-corrected chi connectivity index (χ3v) is 4.13. The van der Waals surface area contributed by atoms with Gasteiger partial charge in [-0.05, 0) is 36.9 Å². The van der Waals surface area contributed by atoms with Crippen LogP contribution >= 0.6 is 27.5 Å². The quantitative estimate of drug-likeness (QED) is 0.802. The van der Waals surface area contributed by atoms with Crippen LogP contribution in [0.2, 0.25) is 5.02 Å². The summed E-state index contributed by atoms with van der Waals surface area (Å²) in [4.78, 5) is 0. The number of hydrogen-bond donors (Lipinski definition) is 1. The van der Waals surface area contributed by atoms with Crippen molar-refractivity contribution < 1.29 is 9.13 Å². The molecule has 0 heterocycles. The van der Waals surface area contributed by atoms with Crippen molar-refractivity contribution in [1.29, 1.82) is 0 Å². The van der Waals surface area contributed by atoms with Gasteiger partial charge in [0, 0.05) is 20.6 Å². The van der Waals surface area contributed by atoms with Gasteiger partial charge in [-0.1, -0.05) is 40.5 Å². The Hall–Kier alpha value is -1.10. The first-order chi connectivity index (χ1) is 10.1. The van der Waals surface area contributed by atoms with Crippen molar-refractivity contribution in [3.05, 3.63) is 62.8 Å². The SMILES string of the molecule is CCNC(c1cc(Cl)ccc1OC)c1c(F)cccc1Br. The zero-order valence-electron chi connectivity index (χ0n) is 11.8. The summed E-state index contributed by atoms with van der Waals surface area (Å²) in [6, 6.07) is 9.92. The average molecular weight is 373 g/mol. The summed E-state index contributed by atoms with van der Waals surface area (Å²) in [6.45, 7) is 2.65. The van der Waals surface area contributed by atoms with Gasteiger partial charge in [0.25, 0.3) is 0 Å². The molecule has 0 bridgehead atoms. The van der Waals surface area contributed by atoms with Gasteiger partial charge in [0.1, 0.15) is 11.6 Å². The average Bonchev–Trinajstić information content (AvgIpc) is 2.46. The Bertz CT molecular complexity index is 615. The highest BCUT2D eigenvalue weighted by molar-refractivity contribution is 9.10. The van der Waals surface area contributed by atoms with Crippen molar-refractivity contribution in [1.82, 2.24) is 5.32 Å². The molecule has 0 saturated carbocycles. The van der Waals surface area contributed by atoms with Gasteiger partial charge >= 0.3 is 0 Å². The second kappa shape index (κ2) is 7.25. The predicted molar refractivity (Wildman–Crippen MR) is 87.6 cm³/mol. The molecule has 0 saturated heterocycles. The van der Waals surface area contributed by atoms with Crippen molar-refractivity contribution in [3.63, 3.8) is 0 Å². The van der Waals surface area contributed by atoms with Crippen LogP contribution in [0.1, 0.15) is 24.1 Å². The van der Waals surface area contributed by atoms with Crippen LogP contribution < -0.4 is 10.1 Å². The molecule has 1 unspecified atom stereocenters. The maximum absolute atomic E-state index is 14.3. The largest absolute Gasteiger partial charge is 0.496 e. The van der Waals surface area contributed by atoms with Crippen molar-refractivity contribution in [2.45, 2.75) is 13.0 Å². The van der Waals surface area contributed by atoms with Crippen LogP contribution in [0.25, 0.3) is 0 Å². The number of rotatable bonds is 5. The molecule has 0 radical (unpaired) electrons. The van der Waals surface area contributed by atoms with Crippen LogP contribution in [-0.2, 0) is 0 Å². The third-order valence-electron chi connectivity index (χ3n) is 3.20. The predicted octanol–water partition coefficient (Wildman–Crippen LogP) is 4.95. The number of ether oxygens (including phenoxy) is 1. The lowest BCUT2D eigenvalue weighted by Gasteiger charge is -2.23. The van der Waals surface area contributed by atoms with E-state index in [1.807, 2.05) is 13.0 Å². The fourth-order valence-electron chi connectivity index (χ4n) is 2.29. The summed E-state index contributed by atoms with van der Waals surface area (Å²) >= 11 is 9.52. The Morgan fingerprint density at radius 3 is 2.71 bits per heavy atom. The molecule has 0 spiro atoms. The van der Waals surface area contributed by atoms with E-state index in [0.717, 1.165) is 5.56 Å². The van der Waals surface area contributed by atoms with Crippen LogP contribution in [0.15, 0.2) is 40.9 Å². The Balaban J connectivity index is 2.61. The Morgan fingerprint density at radius 1 is 1.33 bits per heavy atom. The molecule has 0 aliphatic heterocycles. The Morgan fingerprint density at radius 2 is 2.10 bits per heavy atom. The summed E-state index contributed by atoms with van der Waals surface area (Å²) < 4.78 is 20.4. The lowest BCUT2D eigenvalue weighted by atomic mass is 9.97. The molecule has 0 amide bonds. The van der Waals surface area contributed by atoms with Crippen LogP contribution in [0.3, 0.4) is 0 Å². The van der Waals surface area contributed by atoms with E-state index < -0.39 is 0 Å². The van der Waals surface area contributed by atoms with Gasteiger partial charge in [-0.25, -0.2) is 4.39 Å². The van der Waals surface area contributed by atoms with Gasteiger partial charge < -0.3 is 10.1 Å². The van der Waals surface area contributed by atoms with E-state index in [9.17, 15) is 4.39 Å². The molecule has 112 valence electrons. The number of hydrogen-bond acceptors (Lipinski definition) is 2. The maximum Gasteiger partial charge on any atom is 0.129 e. The number of methoxy groups -OCH3 is 1. The first kappa shape index (κ1) is 16.3. The molecule has 1 atom stereocenters. The molecule has 0 aromatic heterocycles. The first-order valence-electron chi connectivity index (χ1n) is 6.59. The standard InChI is InChI=1S/C16H16BrClFNO/c1-3-20-16(15-12(17)5-4-6-13(15)19)11-9-10(18)7-8-14(11)21-2/h4-9,16,20H,3H2,1-2H3. The lowest BCUT2D eigenvalue weighted by molar-refractivity contribution is 0.403. The van der Waals surface area contributed by atoms with E-state index >= 15 is 0 Å². The van der Waals surface area contributed by atoms with Crippen LogP contribution in [-0.4, -0.2) is 13.7 Å². The second-order valence-electron chi connectivity index (χ2n) is 4.51. The molecule has 21 heavy (non-hydrogen) atoms. The number of nitrogens with one attached hydrogen (secondary N) is 1. The van der Waals surface area contributed by atoms with Gasteiger partial charge in [-0.3, -0.25) is 0 Å². The van der Waals surface area contributed by atoms with Crippen molar-refractivity contribution in [3.8, 4) is 5.75 Å². The van der Waals surface area contributed by atoms with Crippen molar-refractivity contribution in [2.24, 2.45) is 0 Å². The highest BCUT2D eigenvalue weighted by Crippen LogP contribution is 2.36. The molecule has 1 N–H and O–H groups in total. The van der Waals surface area contributed by atoms with E-state index in [1.54, 1.807) is 31.4 Å². The Labute approximate surface area is 137 Å². The third kappa shape index (κ3) is 3.57. The van der Waals surface area contributed by atoms with Gasteiger partial charge in [0.15, 0.2) is 0 Å². The molecular formula is C16H16BrClFNO. The first-order valence-corrected chi connectivity index (χ1v) is 7.76. The van der Waals surface area contributed by atoms with Crippen molar-refractivity contribution in [2.75, 3.05) is 13.7 Å². The van der Waals surface area contributed by atoms with E-state index in [2.05, 4.69) is 21.2 Å².